The molecule has 0 fully saturated rings. The fraction of sp³-hybridized carbons (Fsp3) is 0.588. The van der Waals surface area contributed by atoms with Crippen LogP contribution in [0, 0.1) is 6.92 Å². The lowest BCUT2D eigenvalue weighted by Crippen LogP contribution is -2.29. The van der Waals surface area contributed by atoms with Gasteiger partial charge in [-0.25, -0.2) is 4.79 Å². The molecule has 0 aliphatic rings. The first-order valence-electron chi connectivity index (χ1n) is 8.22. The maximum Gasteiger partial charge on any atom is 0.329 e. The van der Waals surface area contributed by atoms with Crippen LogP contribution in [0.3, 0.4) is 0 Å². The molecule has 0 aliphatic carbocycles. The van der Waals surface area contributed by atoms with E-state index in [9.17, 15) is 13.2 Å². The Hall–Kier alpha value is -1.52. The second kappa shape index (κ2) is 11.2. The van der Waals surface area contributed by atoms with Crippen LogP contribution >= 0.6 is 0 Å². The minimum absolute atomic E-state index is 0.0928. The SMILES string of the molecule is Cc1ccccc1S(=O)(=O)OCCO[C@H](C)[C@@H](C)OCCOCC(=O)O. The van der Waals surface area contributed by atoms with Crippen molar-refractivity contribution in [3.63, 3.8) is 0 Å². The highest BCUT2D eigenvalue weighted by molar-refractivity contribution is 7.86. The minimum atomic E-state index is -3.81. The maximum absolute atomic E-state index is 12.1. The Morgan fingerprint density at radius 2 is 1.62 bits per heavy atom. The summed E-state index contributed by atoms with van der Waals surface area (Å²) >= 11 is 0. The molecule has 0 bridgehead atoms. The smallest absolute Gasteiger partial charge is 0.329 e. The normalized spacial score (nSPS) is 14.1. The summed E-state index contributed by atoms with van der Waals surface area (Å²) in [6.45, 7) is 5.32. The third-order valence-corrected chi connectivity index (χ3v) is 5.03. The van der Waals surface area contributed by atoms with Crippen molar-refractivity contribution >= 4 is 16.1 Å². The predicted octanol–water partition coefficient (Wildman–Crippen LogP) is 1.61. The fourth-order valence-electron chi connectivity index (χ4n) is 2.00. The first kappa shape index (κ1) is 22.5. The van der Waals surface area contributed by atoms with Gasteiger partial charge in [0.2, 0.25) is 0 Å². The van der Waals surface area contributed by atoms with Crippen LogP contribution in [-0.2, 0) is 33.3 Å². The zero-order valence-corrected chi connectivity index (χ0v) is 16.0. The Kier molecular flexibility index (Phi) is 9.74. The van der Waals surface area contributed by atoms with E-state index < -0.39 is 16.1 Å². The molecule has 0 saturated carbocycles. The zero-order chi connectivity index (χ0) is 19.6. The van der Waals surface area contributed by atoms with Gasteiger partial charge in [0, 0.05) is 0 Å². The molecule has 0 spiro atoms. The number of hydrogen-bond donors (Lipinski definition) is 1. The van der Waals surface area contributed by atoms with Gasteiger partial charge in [-0.05, 0) is 32.4 Å². The summed E-state index contributed by atoms with van der Waals surface area (Å²) in [5, 5.41) is 8.44. The lowest BCUT2D eigenvalue weighted by Gasteiger charge is -2.21. The first-order valence-corrected chi connectivity index (χ1v) is 9.62. The highest BCUT2D eigenvalue weighted by Gasteiger charge is 2.18. The van der Waals surface area contributed by atoms with E-state index in [2.05, 4.69) is 0 Å². The van der Waals surface area contributed by atoms with Gasteiger partial charge in [0.15, 0.2) is 0 Å². The highest BCUT2D eigenvalue weighted by atomic mass is 32.2. The van der Waals surface area contributed by atoms with Gasteiger partial charge in [-0.3, -0.25) is 4.18 Å². The van der Waals surface area contributed by atoms with E-state index in [4.69, 9.17) is 23.5 Å². The Labute approximate surface area is 154 Å². The molecule has 0 aliphatic heterocycles. The molecule has 0 saturated heterocycles. The summed E-state index contributed by atoms with van der Waals surface area (Å²) in [6.07, 6.45) is -0.560. The molecule has 1 rings (SSSR count). The molecule has 0 heterocycles. The lowest BCUT2D eigenvalue weighted by molar-refractivity contribution is -0.143. The summed E-state index contributed by atoms with van der Waals surface area (Å²) in [6, 6.07) is 6.60. The molecule has 1 N–H and O–H groups in total. The first-order chi connectivity index (χ1) is 12.2. The molecule has 26 heavy (non-hydrogen) atoms. The molecule has 8 nitrogen and oxygen atoms in total. The fourth-order valence-corrected chi connectivity index (χ4v) is 3.12. The van der Waals surface area contributed by atoms with Crippen molar-refractivity contribution in [3.05, 3.63) is 29.8 Å². The van der Waals surface area contributed by atoms with Crippen LogP contribution < -0.4 is 0 Å². The van der Waals surface area contributed by atoms with Gasteiger partial charge in [0.25, 0.3) is 10.1 Å². The number of carboxylic acid groups (broad SMARTS) is 1. The zero-order valence-electron chi connectivity index (χ0n) is 15.2. The van der Waals surface area contributed by atoms with Crippen LogP contribution in [0.5, 0.6) is 0 Å². The molecule has 0 aromatic heterocycles. The third-order valence-electron chi connectivity index (χ3n) is 3.56. The molecular weight excluding hydrogens is 364 g/mol. The number of aryl methyl sites for hydroxylation is 1. The van der Waals surface area contributed by atoms with E-state index in [-0.39, 0.29) is 50.1 Å². The molecular formula is C17H26O8S. The average Bonchev–Trinajstić information content (AvgIpc) is 2.58. The van der Waals surface area contributed by atoms with Crippen LogP contribution in [-0.4, -0.2) is 64.7 Å². The summed E-state index contributed by atoms with van der Waals surface area (Å²) in [5.74, 6) is -1.03. The predicted molar refractivity (Wildman–Crippen MR) is 93.6 cm³/mol. The molecule has 2 atom stereocenters. The molecule has 9 heteroatoms. The van der Waals surface area contributed by atoms with Gasteiger partial charge in [0.05, 0.1) is 43.5 Å². The Bertz CT molecular complexity index is 658. The number of aliphatic carboxylic acids is 1. The van der Waals surface area contributed by atoms with E-state index >= 15 is 0 Å². The second-order valence-electron chi connectivity index (χ2n) is 5.64. The van der Waals surface area contributed by atoms with Crippen molar-refractivity contribution in [3.8, 4) is 0 Å². The quantitative estimate of drug-likeness (QED) is 0.400. The molecule has 1 aromatic rings. The Balaban J connectivity index is 2.25. The van der Waals surface area contributed by atoms with Crippen molar-refractivity contribution < 1.29 is 36.7 Å². The monoisotopic (exact) mass is 390 g/mol. The molecule has 148 valence electrons. The van der Waals surface area contributed by atoms with E-state index in [1.165, 1.54) is 6.07 Å². The van der Waals surface area contributed by atoms with Gasteiger partial charge in [-0.1, -0.05) is 18.2 Å². The molecule has 0 amide bonds. The number of ether oxygens (including phenoxy) is 3. The van der Waals surface area contributed by atoms with E-state index in [1.807, 2.05) is 0 Å². The largest absolute Gasteiger partial charge is 0.480 e. The van der Waals surface area contributed by atoms with Crippen LogP contribution in [0.15, 0.2) is 29.2 Å². The van der Waals surface area contributed by atoms with Crippen molar-refractivity contribution in [1.82, 2.24) is 0 Å². The summed E-state index contributed by atoms with van der Waals surface area (Å²) in [7, 11) is -3.81. The number of hydrogen-bond acceptors (Lipinski definition) is 7. The number of benzene rings is 1. The van der Waals surface area contributed by atoms with Gasteiger partial charge >= 0.3 is 5.97 Å². The molecule has 0 unspecified atom stereocenters. The maximum atomic E-state index is 12.1. The third kappa shape index (κ3) is 8.24. The van der Waals surface area contributed by atoms with Crippen LogP contribution in [0.4, 0.5) is 0 Å². The van der Waals surface area contributed by atoms with Gasteiger partial charge < -0.3 is 19.3 Å². The van der Waals surface area contributed by atoms with Crippen LogP contribution in [0.25, 0.3) is 0 Å². The number of rotatable bonds is 13. The summed E-state index contributed by atoms with van der Waals surface area (Å²) < 4.78 is 45.1. The van der Waals surface area contributed by atoms with Gasteiger partial charge in [-0.2, -0.15) is 8.42 Å². The minimum Gasteiger partial charge on any atom is -0.480 e. The molecule has 1 aromatic carbocycles. The van der Waals surface area contributed by atoms with E-state index in [0.29, 0.717) is 5.56 Å². The van der Waals surface area contributed by atoms with Crippen LogP contribution in [0.2, 0.25) is 0 Å². The Morgan fingerprint density at radius 3 is 2.19 bits per heavy atom. The standard InChI is InChI=1S/C17H26O8S/c1-13-6-4-5-7-16(13)26(20,21)25-11-10-24-15(3)14(2)23-9-8-22-12-17(18)19/h4-7,14-15H,8-12H2,1-3H3,(H,18,19)/t14-,15-/m1/s1. The molecule has 0 radical (unpaired) electrons. The topological polar surface area (TPSA) is 108 Å². The number of carboxylic acids is 1. The van der Waals surface area contributed by atoms with E-state index in [1.54, 1.807) is 39.0 Å². The highest BCUT2D eigenvalue weighted by Crippen LogP contribution is 2.16. The Morgan fingerprint density at radius 1 is 1.04 bits per heavy atom. The summed E-state index contributed by atoms with van der Waals surface area (Å²) in [5.41, 5.74) is 0.619. The van der Waals surface area contributed by atoms with E-state index in [0.717, 1.165) is 0 Å². The van der Waals surface area contributed by atoms with Crippen LogP contribution in [0.1, 0.15) is 19.4 Å². The van der Waals surface area contributed by atoms with Gasteiger partial charge in [0.1, 0.15) is 6.61 Å². The van der Waals surface area contributed by atoms with Crippen molar-refractivity contribution in [2.75, 3.05) is 33.0 Å². The lowest BCUT2D eigenvalue weighted by atomic mass is 10.2. The number of carbonyl (C=O) groups is 1. The van der Waals surface area contributed by atoms with Crippen molar-refractivity contribution in [2.24, 2.45) is 0 Å². The average molecular weight is 390 g/mol. The second-order valence-corrected chi connectivity index (χ2v) is 7.22. The van der Waals surface area contributed by atoms with Crippen molar-refractivity contribution in [2.45, 2.75) is 37.9 Å². The van der Waals surface area contributed by atoms with Gasteiger partial charge in [-0.15, -0.1) is 0 Å². The summed E-state index contributed by atoms with van der Waals surface area (Å²) in [4.78, 5) is 10.4. The van der Waals surface area contributed by atoms with Crippen molar-refractivity contribution in [1.29, 1.82) is 0 Å².